The fourth-order valence-corrected chi connectivity index (χ4v) is 1.41. The van der Waals surface area contributed by atoms with Gasteiger partial charge in [0.15, 0.2) is 0 Å². The first-order valence-corrected chi connectivity index (χ1v) is 5.60. The smallest absolute Gasteiger partial charge is 0.134 e. The van der Waals surface area contributed by atoms with Crippen molar-refractivity contribution in [1.29, 1.82) is 0 Å². The summed E-state index contributed by atoms with van der Waals surface area (Å²) in [6.07, 6.45) is 0. The third-order valence-corrected chi connectivity index (χ3v) is 2.17. The Morgan fingerprint density at radius 3 is 2.80 bits per heavy atom. The molecule has 3 nitrogen and oxygen atoms in total. The zero-order chi connectivity index (χ0) is 11.3. The molecule has 1 aromatic rings. The van der Waals surface area contributed by atoms with Crippen LogP contribution in [0, 0.1) is 11.8 Å². The largest absolute Gasteiger partial charge is 0.359 e. The second-order valence-electron chi connectivity index (χ2n) is 3.37. The van der Waals surface area contributed by atoms with Gasteiger partial charge in [-0.1, -0.05) is 19.8 Å². The molecule has 0 aliphatic heterocycles. The van der Waals surface area contributed by atoms with Crippen LogP contribution < -0.4 is 5.32 Å². The van der Waals surface area contributed by atoms with E-state index in [4.69, 9.17) is 0 Å². The van der Waals surface area contributed by atoms with Crippen LogP contribution in [0.4, 0.5) is 5.82 Å². The highest BCUT2D eigenvalue weighted by Gasteiger charge is 2.05. The third kappa shape index (κ3) is 3.88. The fraction of sp³-hybridized carbons (Fsp3) is 0.455. The summed E-state index contributed by atoms with van der Waals surface area (Å²) in [7, 11) is 0. The van der Waals surface area contributed by atoms with Crippen LogP contribution in [0.1, 0.15) is 32.5 Å². The number of hydrogen-bond acceptors (Lipinski definition) is 3. The normalized spacial score (nSPS) is 9.67. The van der Waals surface area contributed by atoms with Crippen LogP contribution in [0.25, 0.3) is 0 Å². The number of halogens is 1. The van der Waals surface area contributed by atoms with E-state index in [1.165, 1.54) is 0 Å². The highest BCUT2D eigenvalue weighted by Crippen LogP contribution is 2.16. The highest BCUT2D eigenvalue weighted by atomic mass is 79.9. The van der Waals surface area contributed by atoms with Crippen LogP contribution in [0.2, 0.25) is 0 Å². The van der Waals surface area contributed by atoms with Gasteiger partial charge in [0, 0.05) is 12.0 Å². The quantitative estimate of drug-likeness (QED) is 0.676. The molecular formula is C11H14BrN3. The lowest BCUT2D eigenvalue weighted by Crippen LogP contribution is -2.05. The maximum absolute atomic E-state index is 4.38. The molecule has 80 valence electrons. The summed E-state index contributed by atoms with van der Waals surface area (Å²) >= 11 is 3.36. The van der Waals surface area contributed by atoms with E-state index in [9.17, 15) is 0 Å². The first kappa shape index (κ1) is 12.0. The van der Waals surface area contributed by atoms with E-state index < -0.39 is 0 Å². The molecule has 0 bridgehead atoms. The average molecular weight is 268 g/mol. The van der Waals surface area contributed by atoms with E-state index in [-0.39, 0.29) is 0 Å². The molecule has 0 saturated heterocycles. The van der Waals surface area contributed by atoms with E-state index in [0.29, 0.717) is 12.5 Å². The Hall–Kier alpha value is -1.08. The van der Waals surface area contributed by atoms with Gasteiger partial charge in [0.25, 0.3) is 0 Å². The summed E-state index contributed by atoms with van der Waals surface area (Å²) in [5.74, 6) is 7.71. The van der Waals surface area contributed by atoms with Gasteiger partial charge < -0.3 is 5.32 Å². The Bertz CT molecular complexity index is 391. The topological polar surface area (TPSA) is 37.8 Å². The van der Waals surface area contributed by atoms with E-state index in [2.05, 4.69) is 56.9 Å². The lowest BCUT2D eigenvalue weighted by molar-refractivity contribution is 0.770. The fourth-order valence-electron chi connectivity index (χ4n) is 1.01. The second kappa shape index (κ2) is 5.72. The zero-order valence-corrected chi connectivity index (χ0v) is 10.7. The summed E-state index contributed by atoms with van der Waals surface area (Å²) in [5, 5.41) is 3.13. The molecule has 0 amide bonds. The molecule has 0 unspecified atom stereocenters. The first-order valence-electron chi connectivity index (χ1n) is 4.81. The number of hydrogen-bond donors (Lipinski definition) is 1. The first-order chi connectivity index (χ1) is 7.13. The Balaban J connectivity index is 2.82. The molecule has 1 heterocycles. The van der Waals surface area contributed by atoms with Crippen molar-refractivity contribution in [2.75, 3.05) is 11.9 Å². The van der Waals surface area contributed by atoms with Crippen molar-refractivity contribution in [2.45, 2.75) is 26.7 Å². The van der Waals surface area contributed by atoms with Crippen LogP contribution >= 0.6 is 15.9 Å². The molecule has 0 saturated carbocycles. The van der Waals surface area contributed by atoms with Gasteiger partial charge in [-0.3, -0.25) is 0 Å². The van der Waals surface area contributed by atoms with Crippen LogP contribution in [0.5, 0.6) is 0 Å². The van der Waals surface area contributed by atoms with Gasteiger partial charge in [-0.05, 0) is 22.9 Å². The molecule has 0 aliphatic carbocycles. The van der Waals surface area contributed by atoms with Gasteiger partial charge in [-0.15, -0.1) is 5.92 Å². The molecule has 0 radical (unpaired) electrons. The molecule has 4 heteroatoms. The summed E-state index contributed by atoms with van der Waals surface area (Å²) in [6, 6.07) is 1.85. The summed E-state index contributed by atoms with van der Waals surface area (Å²) in [4.78, 5) is 8.68. The maximum atomic E-state index is 4.38. The molecular weight excluding hydrogens is 254 g/mol. The number of aromatic nitrogens is 2. The minimum absolute atomic E-state index is 0.320. The van der Waals surface area contributed by atoms with Crippen molar-refractivity contribution in [1.82, 2.24) is 9.97 Å². The Kier molecular flexibility index (Phi) is 4.57. The number of rotatable bonds is 3. The molecule has 1 N–H and O–H groups in total. The molecule has 1 aromatic heterocycles. The molecule has 0 spiro atoms. The summed E-state index contributed by atoms with van der Waals surface area (Å²) < 4.78 is 0.799. The van der Waals surface area contributed by atoms with Crippen molar-refractivity contribution in [3.8, 4) is 11.8 Å². The van der Waals surface area contributed by atoms with Crippen molar-refractivity contribution in [2.24, 2.45) is 0 Å². The van der Waals surface area contributed by atoms with Crippen molar-refractivity contribution in [3.05, 3.63) is 16.5 Å². The number of anilines is 1. The van der Waals surface area contributed by atoms with Crippen molar-refractivity contribution >= 4 is 21.7 Å². The molecule has 0 aromatic carbocycles. The van der Waals surface area contributed by atoms with Crippen molar-refractivity contribution in [3.63, 3.8) is 0 Å². The molecule has 0 atom stereocenters. The van der Waals surface area contributed by atoms with Crippen LogP contribution in [-0.2, 0) is 0 Å². The molecule has 15 heavy (non-hydrogen) atoms. The predicted molar refractivity (Wildman–Crippen MR) is 65.8 cm³/mol. The van der Waals surface area contributed by atoms with E-state index in [1.807, 2.05) is 13.0 Å². The van der Waals surface area contributed by atoms with Gasteiger partial charge in [0.1, 0.15) is 16.2 Å². The van der Waals surface area contributed by atoms with E-state index >= 15 is 0 Å². The Labute approximate surface area is 98.8 Å². The summed E-state index contributed by atoms with van der Waals surface area (Å²) in [5.41, 5.74) is 0. The lowest BCUT2D eigenvalue weighted by atomic mass is 10.2. The lowest BCUT2D eigenvalue weighted by Gasteiger charge is -2.07. The van der Waals surface area contributed by atoms with Gasteiger partial charge in [0.2, 0.25) is 0 Å². The summed E-state index contributed by atoms with van der Waals surface area (Å²) in [6.45, 7) is 6.56. The van der Waals surface area contributed by atoms with Gasteiger partial charge in [-0.2, -0.15) is 0 Å². The average Bonchev–Trinajstić information content (AvgIpc) is 2.17. The number of nitrogens with one attached hydrogen (secondary N) is 1. The standard InChI is InChI=1S/C11H14BrN3/c1-4-5-6-13-10-7-9(12)14-11(15-10)8(2)3/h7-8H,6H2,1-3H3,(H,13,14,15). The van der Waals surface area contributed by atoms with Crippen LogP contribution in [-0.4, -0.2) is 16.5 Å². The third-order valence-electron chi connectivity index (χ3n) is 1.76. The van der Waals surface area contributed by atoms with Gasteiger partial charge >= 0.3 is 0 Å². The second-order valence-corrected chi connectivity index (χ2v) is 4.18. The Morgan fingerprint density at radius 2 is 2.20 bits per heavy atom. The predicted octanol–water partition coefficient (Wildman–Crippen LogP) is 2.80. The SMILES string of the molecule is CC#CCNc1cc(Br)nc(C(C)C)n1. The highest BCUT2D eigenvalue weighted by molar-refractivity contribution is 9.10. The van der Waals surface area contributed by atoms with E-state index in [1.54, 1.807) is 0 Å². The van der Waals surface area contributed by atoms with Crippen molar-refractivity contribution < 1.29 is 0 Å². The van der Waals surface area contributed by atoms with Gasteiger partial charge in [0.05, 0.1) is 6.54 Å². The minimum Gasteiger partial charge on any atom is -0.359 e. The zero-order valence-electron chi connectivity index (χ0n) is 9.13. The molecule has 0 aliphatic rings. The number of nitrogens with zero attached hydrogens (tertiary/aromatic N) is 2. The maximum Gasteiger partial charge on any atom is 0.134 e. The van der Waals surface area contributed by atoms with Crippen LogP contribution in [0.3, 0.4) is 0 Å². The Morgan fingerprint density at radius 1 is 1.47 bits per heavy atom. The van der Waals surface area contributed by atoms with E-state index in [0.717, 1.165) is 16.2 Å². The monoisotopic (exact) mass is 267 g/mol. The molecule has 0 fully saturated rings. The molecule has 1 rings (SSSR count). The van der Waals surface area contributed by atoms with Crippen LogP contribution in [0.15, 0.2) is 10.7 Å². The van der Waals surface area contributed by atoms with Gasteiger partial charge in [-0.25, -0.2) is 9.97 Å². The minimum atomic E-state index is 0.320.